The standard InChI is InChI=1S/C24H35N5O2/c1-17(2)23(30)27-8-6-20(7-9-27)24(31)28-13-11-26(12-14-28)16-21-19(4)25-22-15-18(3)5-10-29(21)22/h5,10,15,17,20H,6-9,11-14,16H2,1-4H3. The molecule has 2 amide bonds. The smallest absolute Gasteiger partial charge is 0.225 e. The van der Waals surface area contributed by atoms with Crippen LogP contribution in [0.2, 0.25) is 0 Å². The lowest BCUT2D eigenvalue weighted by Gasteiger charge is -2.38. The number of piperidine rings is 1. The summed E-state index contributed by atoms with van der Waals surface area (Å²) in [5, 5.41) is 0. The van der Waals surface area contributed by atoms with Gasteiger partial charge in [0.25, 0.3) is 0 Å². The largest absolute Gasteiger partial charge is 0.342 e. The summed E-state index contributed by atoms with van der Waals surface area (Å²) in [6.45, 7) is 13.6. The van der Waals surface area contributed by atoms with Gasteiger partial charge in [0.15, 0.2) is 0 Å². The zero-order valence-corrected chi connectivity index (χ0v) is 19.3. The molecule has 0 aliphatic carbocycles. The van der Waals surface area contributed by atoms with Crippen molar-refractivity contribution in [3.05, 3.63) is 35.3 Å². The summed E-state index contributed by atoms with van der Waals surface area (Å²) in [5.74, 6) is 0.572. The average Bonchev–Trinajstić information content (AvgIpc) is 3.07. The normalized spacial score (nSPS) is 18.9. The molecule has 4 heterocycles. The SMILES string of the molecule is Cc1ccn2c(CN3CCN(C(=O)C4CCN(C(=O)C(C)C)CC4)CC3)c(C)nc2c1. The number of nitrogens with zero attached hydrogens (tertiary/aromatic N) is 5. The fraction of sp³-hybridized carbons (Fsp3) is 0.625. The van der Waals surface area contributed by atoms with Crippen LogP contribution in [0.4, 0.5) is 0 Å². The fourth-order valence-corrected chi connectivity index (χ4v) is 4.81. The van der Waals surface area contributed by atoms with Crippen LogP contribution in [0.5, 0.6) is 0 Å². The van der Waals surface area contributed by atoms with Gasteiger partial charge in [-0.05, 0) is 44.4 Å². The van der Waals surface area contributed by atoms with Crippen molar-refractivity contribution in [1.82, 2.24) is 24.1 Å². The molecule has 0 aromatic carbocycles. The quantitative estimate of drug-likeness (QED) is 0.755. The van der Waals surface area contributed by atoms with Gasteiger partial charge in [-0.3, -0.25) is 14.5 Å². The second-order valence-electron chi connectivity index (χ2n) is 9.43. The Hall–Kier alpha value is -2.41. The van der Waals surface area contributed by atoms with Gasteiger partial charge in [-0.15, -0.1) is 0 Å². The van der Waals surface area contributed by atoms with E-state index < -0.39 is 0 Å². The number of rotatable bonds is 4. The maximum Gasteiger partial charge on any atom is 0.225 e. The second kappa shape index (κ2) is 8.99. The Morgan fingerprint density at radius 1 is 1.03 bits per heavy atom. The third-order valence-corrected chi connectivity index (χ3v) is 6.79. The molecule has 0 saturated carbocycles. The first-order chi connectivity index (χ1) is 14.8. The van der Waals surface area contributed by atoms with Crippen LogP contribution in [0.15, 0.2) is 18.3 Å². The van der Waals surface area contributed by atoms with Crippen molar-refractivity contribution in [2.75, 3.05) is 39.3 Å². The van der Waals surface area contributed by atoms with E-state index in [2.05, 4.69) is 41.5 Å². The topological polar surface area (TPSA) is 61.2 Å². The minimum absolute atomic E-state index is 0.0286. The number of carbonyl (C=O) groups excluding carboxylic acids is 2. The Balaban J connectivity index is 1.30. The van der Waals surface area contributed by atoms with Crippen LogP contribution in [-0.2, 0) is 16.1 Å². The zero-order chi connectivity index (χ0) is 22.1. The Morgan fingerprint density at radius 2 is 1.71 bits per heavy atom. The Labute approximate surface area is 185 Å². The van der Waals surface area contributed by atoms with Gasteiger partial charge in [0, 0.05) is 63.8 Å². The summed E-state index contributed by atoms with van der Waals surface area (Å²) < 4.78 is 2.19. The van der Waals surface area contributed by atoms with E-state index in [0.717, 1.165) is 56.9 Å². The van der Waals surface area contributed by atoms with Crippen LogP contribution in [-0.4, -0.2) is 75.2 Å². The molecule has 2 saturated heterocycles. The van der Waals surface area contributed by atoms with Gasteiger partial charge in [-0.25, -0.2) is 4.98 Å². The molecule has 168 valence electrons. The molecule has 0 N–H and O–H groups in total. The Morgan fingerprint density at radius 3 is 2.35 bits per heavy atom. The zero-order valence-electron chi connectivity index (χ0n) is 19.3. The molecule has 0 atom stereocenters. The average molecular weight is 426 g/mol. The van der Waals surface area contributed by atoms with Gasteiger partial charge in [-0.1, -0.05) is 13.8 Å². The maximum absolute atomic E-state index is 13.0. The lowest BCUT2D eigenvalue weighted by Crippen LogP contribution is -2.52. The van der Waals surface area contributed by atoms with E-state index in [0.29, 0.717) is 13.1 Å². The number of imidazole rings is 1. The number of pyridine rings is 1. The van der Waals surface area contributed by atoms with Gasteiger partial charge < -0.3 is 14.2 Å². The lowest BCUT2D eigenvalue weighted by atomic mass is 9.94. The number of piperazine rings is 1. The summed E-state index contributed by atoms with van der Waals surface area (Å²) in [7, 11) is 0. The summed E-state index contributed by atoms with van der Waals surface area (Å²) in [6.07, 6.45) is 3.69. The summed E-state index contributed by atoms with van der Waals surface area (Å²) in [6, 6.07) is 4.24. The number of aryl methyl sites for hydroxylation is 2. The molecule has 2 fully saturated rings. The third-order valence-electron chi connectivity index (χ3n) is 6.79. The highest BCUT2D eigenvalue weighted by Crippen LogP contribution is 2.22. The molecule has 0 unspecified atom stereocenters. The van der Waals surface area contributed by atoms with Crippen molar-refractivity contribution in [2.24, 2.45) is 11.8 Å². The van der Waals surface area contributed by atoms with Crippen molar-refractivity contribution in [2.45, 2.75) is 47.1 Å². The van der Waals surface area contributed by atoms with E-state index in [4.69, 9.17) is 4.98 Å². The van der Waals surface area contributed by atoms with Crippen molar-refractivity contribution >= 4 is 17.5 Å². The molecular formula is C24H35N5O2. The van der Waals surface area contributed by atoms with Gasteiger partial charge in [0.05, 0.1) is 11.4 Å². The van der Waals surface area contributed by atoms with Crippen molar-refractivity contribution in [3.63, 3.8) is 0 Å². The minimum Gasteiger partial charge on any atom is -0.342 e. The number of hydrogen-bond donors (Lipinski definition) is 0. The van der Waals surface area contributed by atoms with Gasteiger partial charge >= 0.3 is 0 Å². The molecule has 0 bridgehead atoms. The first kappa shape index (κ1) is 21.8. The molecule has 7 nitrogen and oxygen atoms in total. The van der Waals surface area contributed by atoms with E-state index in [9.17, 15) is 9.59 Å². The van der Waals surface area contributed by atoms with Gasteiger partial charge in [0.2, 0.25) is 11.8 Å². The highest BCUT2D eigenvalue weighted by Gasteiger charge is 2.32. The number of likely N-dealkylation sites (tertiary alicyclic amines) is 1. The number of aromatic nitrogens is 2. The molecule has 0 radical (unpaired) electrons. The maximum atomic E-state index is 13.0. The van der Waals surface area contributed by atoms with E-state index in [1.165, 1.54) is 11.3 Å². The summed E-state index contributed by atoms with van der Waals surface area (Å²) >= 11 is 0. The number of hydrogen-bond acceptors (Lipinski definition) is 4. The van der Waals surface area contributed by atoms with Gasteiger partial charge in [-0.2, -0.15) is 0 Å². The van der Waals surface area contributed by atoms with Crippen LogP contribution in [0.1, 0.15) is 43.6 Å². The number of carbonyl (C=O) groups is 2. The fourth-order valence-electron chi connectivity index (χ4n) is 4.81. The highest BCUT2D eigenvalue weighted by molar-refractivity contribution is 5.81. The minimum atomic E-state index is 0.0286. The number of amides is 2. The molecule has 2 aromatic heterocycles. The molecule has 2 aromatic rings. The van der Waals surface area contributed by atoms with E-state index in [1.807, 2.05) is 23.6 Å². The van der Waals surface area contributed by atoms with E-state index in [1.54, 1.807) is 0 Å². The Kier molecular flexibility index (Phi) is 6.32. The van der Waals surface area contributed by atoms with Crippen LogP contribution < -0.4 is 0 Å². The summed E-state index contributed by atoms with van der Waals surface area (Å²) in [4.78, 5) is 36.3. The molecule has 4 rings (SSSR count). The third kappa shape index (κ3) is 4.61. The van der Waals surface area contributed by atoms with Crippen molar-refractivity contribution in [3.8, 4) is 0 Å². The van der Waals surface area contributed by atoms with Crippen LogP contribution in [0, 0.1) is 25.7 Å². The molecular weight excluding hydrogens is 390 g/mol. The molecule has 31 heavy (non-hydrogen) atoms. The second-order valence-corrected chi connectivity index (χ2v) is 9.43. The van der Waals surface area contributed by atoms with E-state index in [-0.39, 0.29) is 23.7 Å². The first-order valence-corrected chi connectivity index (χ1v) is 11.6. The Bertz CT molecular complexity index is 950. The van der Waals surface area contributed by atoms with Crippen molar-refractivity contribution < 1.29 is 9.59 Å². The van der Waals surface area contributed by atoms with Crippen molar-refractivity contribution in [1.29, 1.82) is 0 Å². The predicted molar refractivity (Wildman–Crippen MR) is 121 cm³/mol. The molecule has 7 heteroatoms. The monoisotopic (exact) mass is 425 g/mol. The molecule has 2 aliphatic rings. The predicted octanol–water partition coefficient (Wildman–Crippen LogP) is 2.49. The van der Waals surface area contributed by atoms with Crippen LogP contribution >= 0.6 is 0 Å². The van der Waals surface area contributed by atoms with E-state index >= 15 is 0 Å². The van der Waals surface area contributed by atoms with Crippen LogP contribution in [0.3, 0.4) is 0 Å². The molecule has 2 aliphatic heterocycles. The first-order valence-electron chi connectivity index (χ1n) is 11.6. The highest BCUT2D eigenvalue weighted by atomic mass is 16.2. The number of fused-ring (bicyclic) bond motifs is 1. The van der Waals surface area contributed by atoms with Crippen LogP contribution in [0.25, 0.3) is 5.65 Å². The molecule has 0 spiro atoms. The lowest BCUT2D eigenvalue weighted by molar-refractivity contribution is -0.143. The van der Waals surface area contributed by atoms with Gasteiger partial charge in [0.1, 0.15) is 5.65 Å². The summed E-state index contributed by atoms with van der Waals surface area (Å²) in [5.41, 5.74) is 4.53.